The molecule has 23 rings (SSSR count). The number of nitrogens with zero attached hydrogens (tertiary/aromatic N) is 6. The average molecular weight is 1270 g/mol. The first-order chi connectivity index (χ1) is 49.6. The van der Waals surface area contributed by atoms with Gasteiger partial charge in [0.15, 0.2) is 0 Å². The van der Waals surface area contributed by atoms with Gasteiger partial charge in [0.25, 0.3) is 0 Å². The molecule has 0 amide bonds. The summed E-state index contributed by atoms with van der Waals surface area (Å²) in [5.74, 6) is 0. The summed E-state index contributed by atoms with van der Waals surface area (Å²) in [5, 5.41) is 17.2. The highest BCUT2D eigenvalue weighted by atomic mass is 15.0. The van der Waals surface area contributed by atoms with Gasteiger partial charge in [-0.25, -0.2) is 4.98 Å². The van der Waals surface area contributed by atoms with Gasteiger partial charge in [-0.3, -0.25) is 4.98 Å². The molecule has 0 spiro atoms. The van der Waals surface area contributed by atoms with Crippen molar-refractivity contribution in [3.63, 3.8) is 0 Å². The van der Waals surface area contributed by atoms with Crippen LogP contribution in [-0.2, 0) is 0 Å². The fourth-order valence-corrected chi connectivity index (χ4v) is 17.7. The second-order valence-corrected chi connectivity index (χ2v) is 27.1. The van der Waals surface area contributed by atoms with Crippen LogP contribution in [0.15, 0.2) is 328 Å². The maximum Gasteiger partial charge on any atom is 0.0794 e. The van der Waals surface area contributed by atoms with Crippen LogP contribution in [0.2, 0.25) is 0 Å². The Labute approximate surface area is 573 Å². The van der Waals surface area contributed by atoms with Crippen LogP contribution < -0.4 is 0 Å². The minimum Gasteiger partial charge on any atom is -0.309 e. The lowest BCUT2D eigenvalue weighted by Gasteiger charge is -2.14. The number of aromatic nitrogens is 6. The Kier molecular flexibility index (Phi) is 10.8. The molecule has 0 saturated heterocycles. The van der Waals surface area contributed by atoms with Gasteiger partial charge in [0, 0.05) is 115 Å². The van der Waals surface area contributed by atoms with Gasteiger partial charge in [0.2, 0.25) is 0 Å². The number of pyridine rings is 2. The van der Waals surface area contributed by atoms with Crippen molar-refractivity contribution in [3.05, 3.63) is 328 Å². The molecule has 460 valence electrons. The van der Waals surface area contributed by atoms with Gasteiger partial charge in [0.1, 0.15) is 0 Å². The summed E-state index contributed by atoms with van der Waals surface area (Å²) in [7, 11) is 0. The Hall–Kier alpha value is -13.4. The van der Waals surface area contributed by atoms with E-state index in [1.807, 2.05) is 12.3 Å². The topological polar surface area (TPSA) is 45.5 Å². The Bertz CT molecular complexity index is 7170. The Balaban J connectivity index is 0.634. The molecule has 15 aromatic carbocycles. The summed E-state index contributed by atoms with van der Waals surface area (Å²) < 4.78 is 9.82. The third kappa shape index (κ3) is 7.35. The molecule has 0 unspecified atom stereocenters. The lowest BCUT2D eigenvalue weighted by molar-refractivity contribution is 1.18. The van der Waals surface area contributed by atoms with Crippen molar-refractivity contribution in [2.75, 3.05) is 0 Å². The summed E-state index contributed by atoms with van der Waals surface area (Å²) >= 11 is 0. The molecule has 100 heavy (non-hydrogen) atoms. The van der Waals surface area contributed by atoms with E-state index in [1.54, 1.807) is 0 Å². The van der Waals surface area contributed by atoms with Crippen LogP contribution in [0.25, 0.3) is 221 Å². The van der Waals surface area contributed by atoms with Crippen LogP contribution in [0, 0.1) is 0 Å². The van der Waals surface area contributed by atoms with Gasteiger partial charge in [-0.1, -0.05) is 200 Å². The molecule has 0 saturated carbocycles. The number of para-hydroxylation sites is 4. The van der Waals surface area contributed by atoms with Crippen molar-refractivity contribution in [3.8, 4) is 101 Å². The molecule has 6 aromatic heterocycles. The van der Waals surface area contributed by atoms with Crippen molar-refractivity contribution in [2.45, 2.75) is 0 Å². The molecular formula is C94H54N6. The fraction of sp³-hybridized carbons (Fsp3) is 0. The molecule has 0 fully saturated rings. The molecular weight excluding hydrogens is 1210 g/mol. The number of hydrogen-bond acceptors (Lipinski definition) is 2. The normalized spacial score (nSPS) is 12.4. The van der Waals surface area contributed by atoms with Crippen molar-refractivity contribution in [1.82, 2.24) is 28.2 Å². The molecule has 0 radical (unpaired) electrons. The molecule has 0 bridgehead atoms. The van der Waals surface area contributed by atoms with Gasteiger partial charge in [-0.05, 0) is 160 Å². The average Bonchev–Trinajstić information content (AvgIpc) is 1.56. The predicted molar refractivity (Wildman–Crippen MR) is 417 cm³/mol. The van der Waals surface area contributed by atoms with E-state index < -0.39 is 0 Å². The quantitative estimate of drug-likeness (QED) is 0.160. The van der Waals surface area contributed by atoms with Gasteiger partial charge in [0.05, 0.1) is 72.6 Å². The van der Waals surface area contributed by atoms with E-state index >= 15 is 0 Å². The van der Waals surface area contributed by atoms with Gasteiger partial charge >= 0.3 is 0 Å². The maximum atomic E-state index is 5.68. The summed E-state index contributed by atoms with van der Waals surface area (Å²) in [6, 6.07) is 119. The highest BCUT2D eigenvalue weighted by Crippen LogP contribution is 2.52. The number of fused-ring (bicyclic) bond motifs is 20. The fourth-order valence-electron chi connectivity index (χ4n) is 17.7. The van der Waals surface area contributed by atoms with E-state index in [0.29, 0.717) is 0 Å². The first kappa shape index (κ1) is 53.8. The lowest BCUT2D eigenvalue weighted by Crippen LogP contribution is -1.96. The minimum absolute atomic E-state index is 0.941. The Morgan fingerprint density at radius 1 is 0.220 bits per heavy atom. The van der Waals surface area contributed by atoms with E-state index in [-0.39, 0.29) is 0 Å². The first-order valence-electron chi connectivity index (χ1n) is 34.4. The molecule has 6 nitrogen and oxygen atoms in total. The second kappa shape index (κ2) is 20.1. The maximum absolute atomic E-state index is 5.68. The highest BCUT2D eigenvalue weighted by Gasteiger charge is 2.29. The summed E-state index contributed by atoms with van der Waals surface area (Å²) in [4.78, 5) is 10.6. The number of rotatable bonds is 7. The standard InChI is InChI=1S/C94H54N6/c1-3-17-61(18-4-1)97-85-43-33-58(59-32-37-66-64-22-9-11-29-81(64)100(89(66)54-59)84-47-40-74-90-67(24-13-27-73(84)90)69-28-15-49-95-92(69)74)52-78(85)79-53-60(36-46-86(79)97)80-42-39-70-68-25-14-26-72-83(48-41-75(91(68)72)93(70)96-80)99-82-30-12-10-23-65(82)76-50-56(35-45-88(76)99)57-34-44-87-77(51-57)71-38-31-55-16-7-8-21-63(55)94(71)98(87)62-19-5-2-6-20-62/h1-54H. The molecule has 0 aliphatic heterocycles. The number of hydrogen-bond donors (Lipinski definition) is 0. The largest absolute Gasteiger partial charge is 0.309 e. The minimum atomic E-state index is 0.941. The van der Waals surface area contributed by atoms with Crippen LogP contribution >= 0.6 is 0 Å². The van der Waals surface area contributed by atoms with Crippen LogP contribution in [0.5, 0.6) is 0 Å². The monoisotopic (exact) mass is 1270 g/mol. The van der Waals surface area contributed by atoms with Crippen LogP contribution in [0.1, 0.15) is 0 Å². The molecule has 0 N–H and O–H groups in total. The van der Waals surface area contributed by atoms with Gasteiger partial charge < -0.3 is 18.3 Å². The third-order valence-corrected chi connectivity index (χ3v) is 22.1. The van der Waals surface area contributed by atoms with Crippen molar-refractivity contribution in [1.29, 1.82) is 0 Å². The molecule has 2 aliphatic rings. The molecule has 0 atom stereocenters. The van der Waals surface area contributed by atoms with Crippen LogP contribution in [0.3, 0.4) is 0 Å². The summed E-state index contributed by atoms with van der Waals surface area (Å²) in [6.45, 7) is 0. The van der Waals surface area contributed by atoms with E-state index in [2.05, 4.69) is 334 Å². The summed E-state index contributed by atoms with van der Waals surface area (Å²) in [5.41, 5.74) is 30.0. The molecule has 6 heterocycles. The molecule has 6 heteroatoms. The first-order valence-corrected chi connectivity index (χ1v) is 34.4. The molecule has 2 aliphatic carbocycles. The summed E-state index contributed by atoms with van der Waals surface area (Å²) in [6.07, 6.45) is 1.91. The van der Waals surface area contributed by atoms with Crippen LogP contribution in [0.4, 0.5) is 0 Å². The third-order valence-electron chi connectivity index (χ3n) is 22.1. The highest BCUT2D eigenvalue weighted by molar-refractivity contribution is 6.23. The van der Waals surface area contributed by atoms with E-state index in [9.17, 15) is 0 Å². The SMILES string of the molecule is c1ccc(-n2c3ccc(-c4ccc5c6ccccc6n(-c6ccc7c8c(cccc68)-c6cccnc6-7)c5c4)cc3c3cc(-c4ccc5c(n4)-c4ccc(-n6c7ccccc7c7cc(-c8ccc9c(c8)c8ccc%10ccccc%10c8n9-c8ccccc8)ccc76)c6cccc-5c46)ccc32)cc1. The Morgan fingerprint density at radius 2 is 0.660 bits per heavy atom. The van der Waals surface area contributed by atoms with Crippen molar-refractivity contribution in [2.24, 2.45) is 0 Å². The second-order valence-electron chi connectivity index (χ2n) is 27.1. The van der Waals surface area contributed by atoms with E-state index in [4.69, 9.17) is 9.97 Å². The van der Waals surface area contributed by atoms with E-state index in [1.165, 1.54) is 142 Å². The van der Waals surface area contributed by atoms with Gasteiger partial charge in [-0.2, -0.15) is 0 Å². The predicted octanol–water partition coefficient (Wildman–Crippen LogP) is 24.6. The van der Waals surface area contributed by atoms with Crippen LogP contribution in [-0.4, -0.2) is 28.2 Å². The van der Waals surface area contributed by atoms with E-state index in [0.717, 1.165) is 78.7 Å². The zero-order valence-corrected chi connectivity index (χ0v) is 53.9. The lowest BCUT2D eigenvalue weighted by atomic mass is 9.99. The number of benzene rings is 15. The Morgan fingerprint density at radius 3 is 1.33 bits per heavy atom. The zero-order chi connectivity index (χ0) is 65.0. The molecule has 21 aromatic rings. The van der Waals surface area contributed by atoms with Gasteiger partial charge in [-0.15, -0.1) is 0 Å². The zero-order valence-electron chi connectivity index (χ0n) is 53.9. The smallest absolute Gasteiger partial charge is 0.0794 e. The van der Waals surface area contributed by atoms with Crippen molar-refractivity contribution >= 4 is 120 Å². The van der Waals surface area contributed by atoms with Crippen molar-refractivity contribution < 1.29 is 0 Å².